The van der Waals surface area contributed by atoms with Crippen LogP contribution in [-0.4, -0.2) is 28.6 Å². The molecule has 21 heavy (non-hydrogen) atoms. The fourth-order valence-electron chi connectivity index (χ4n) is 2.16. The molecule has 0 radical (unpaired) electrons. The van der Waals surface area contributed by atoms with Gasteiger partial charge in [-0.1, -0.05) is 38.0 Å². The smallest absolute Gasteiger partial charge is 0.326 e. The molecule has 114 valence electrons. The van der Waals surface area contributed by atoms with Crippen LogP contribution in [0, 0.1) is 0 Å². The summed E-state index contributed by atoms with van der Waals surface area (Å²) in [6.45, 7) is 1.99. The number of unbranched alkanes of at least 4 members (excludes halogenated alkanes) is 1. The zero-order valence-corrected chi connectivity index (χ0v) is 12.2. The van der Waals surface area contributed by atoms with Crippen LogP contribution in [-0.2, 0) is 9.59 Å². The highest BCUT2D eigenvalue weighted by Crippen LogP contribution is 2.40. The molecule has 1 atom stereocenters. The Bertz CT molecular complexity index is 496. The molecular formula is C16H21NO4. The van der Waals surface area contributed by atoms with Crippen molar-refractivity contribution in [3.8, 4) is 5.75 Å². The fraction of sp³-hybridized carbons (Fsp3) is 0.500. The molecule has 1 fully saturated rings. The van der Waals surface area contributed by atoms with Crippen molar-refractivity contribution >= 4 is 11.9 Å². The lowest BCUT2D eigenvalue weighted by molar-refractivity contribution is -0.143. The van der Waals surface area contributed by atoms with Crippen LogP contribution >= 0.6 is 0 Å². The lowest BCUT2D eigenvalue weighted by Gasteiger charge is -2.21. The van der Waals surface area contributed by atoms with E-state index in [0.29, 0.717) is 25.0 Å². The second-order valence-electron chi connectivity index (χ2n) is 5.42. The minimum atomic E-state index is -0.993. The van der Waals surface area contributed by atoms with Crippen molar-refractivity contribution in [1.29, 1.82) is 0 Å². The zero-order valence-electron chi connectivity index (χ0n) is 12.2. The number of carbonyl (C=O) groups is 2. The Morgan fingerprint density at radius 1 is 1.33 bits per heavy atom. The average molecular weight is 291 g/mol. The number of rotatable bonds is 8. The molecule has 2 rings (SSSR count). The van der Waals surface area contributed by atoms with Gasteiger partial charge in [-0.2, -0.15) is 0 Å². The topological polar surface area (TPSA) is 75.6 Å². The summed E-state index contributed by atoms with van der Waals surface area (Å²) < 4.78 is 5.75. The summed E-state index contributed by atoms with van der Waals surface area (Å²) in [6.07, 6.45) is 3.34. The minimum absolute atomic E-state index is 0.324. The Balaban J connectivity index is 1.96. The predicted octanol–water partition coefficient (Wildman–Crippen LogP) is 2.36. The van der Waals surface area contributed by atoms with E-state index >= 15 is 0 Å². The third-order valence-electron chi connectivity index (χ3n) is 3.62. The molecule has 1 aliphatic carbocycles. The van der Waals surface area contributed by atoms with Crippen molar-refractivity contribution in [1.82, 2.24) is 5.32 Å². The molecule has 1 unspecified atom stereocenters. The van der Waals surface area contributed by atoms with Crippen LogP contribution in [0.4, 0.5) is 0 Å². The molecule has 1 amide bonds. The third-order valence-corrected chi connectivity index (χ3v) is 3.62. The number of ether oxygens (including phenoxy) is 1. The molecular weight excluding hydrogens is 270 g/mol. The number of amides is 1. The van der Waals surface area contributed by atoms with Crippen molar-refractivity contribution in [3.63, 3.8) is 0 Å². The second-order valence-corrected chi connectivity index (χ2v) is 5.42. The highest BCUT2D eigenvalue weighted by atomic mass is 16.5. The SMILES string of the molecule is CCCCC(NC(=O)C1(Oc2ccccc2)CC1)C(=O)O. The third kappa shape index (κ3) is 3.97. The van der Waals surface area contributed by atoms with Crippen molar-refractivity contribution in [3.05, 3.63) is 30.3 Å². The van der Waals surface area contributed by atoms with E-state index in [4.69, 9.17) is 9.84 Å². The summed E-state index contributed by atoms with van der Waals surface area (Å²) in [4.78, 5) is 23.5. The van der Waals surface area contributed by atoms with Gasteiger partial charge in [0.05, 0.1) is 0 Å². The van der Waals surface area contributed by atoms with Gasteiger partial charge < -0.3 is 15.2 Å². The van der Waals surface area contributed by atoms with E-state index in [2.05, 4.69) is 5.32 Å². The van der Waals surface area contributed by atoms with Gasteiger partial charge in [0.2, 0.25) is 0 Å². The predicted molar refractivity (Wildman–Crippen MR) is 78.1 cm³/mol. The molecule has 0 bridgehead atoms. The highest BCUT2D eigenvalue weighted by Gasteiger charge is 2.53. The van der Waals surface area contributed by atoms with Gasteiger partial charge >= 0.3 is 5.97 Å². The van der Waals surface area contributed by atoms with E-state index in [0.717, 1.165) is 12.8 Å². The van der Waals surface area contributed by atoms with E-state index in [1.165, 1.54) is 0 Å². The standard InChI is InChI=1S/C16H21NO4/c1-2-3-9-13(14(18)19)17-15(20)16(10-11-16)21-12-7-5-4-6-8-12/h4-8,13H,2-3,9-11H2,1H3,(H,17,20)(H,18,19). The number of para-hydroxylation sites is 1. The largest absolute Gasteiger partial charge is 0.480 e. The number of nitrogens with one attached hydrogen (secondary N) is 1. The lowest BCUT2D eigenvalue weighted by atomic mass is 10.1. The molecule has 2 N–H and O–H groups in total. The van der Waals surface area contributed by atoms with Gasteiger partial charge in [0, 0.05) is 12.8 Å². The van der Waals surface area contributed by atoms with Crippen molar-refractivity contribution in [2.75, 3.05) is 0 Å². The zero-order chi connectivity index (χ0) is 15.3. The first kappa shape index (κ1) is 15.4. The van der Waals surface area contributed by atoms with Crippen molar-refractivity contribution in [2.45, 2.75) is 50.7 Å². The molecule has 0 heterocycles. The first-order valence-corrected chi connectivity index (χ1v) is 7.35. The molecule has 5 heteroatoms. The van der Waals surface area contributed by atoms with E-state index in [1.54, 1.807) is 12.1 Å². The van der Waals surface area contributed by atoms with E-state index in [-0.39, 0.29) is 5.91 Å². The Morgan fingerprint density at radius 3 is 2.52 bits per heavy atom. The molecule has 1 saturated carbocycles. The maximum atomic E-state index is 12.3. The number of hydrogen-bond acceptors (Lipinski definition) is 3. The highest BCUT2D eigenvalue weighted by molar-refractivity contribution is 5.91. The second kappa shape index (κ2) is 6.61. The first-order valence-electron chi connectivity index (χ1n) is 7.35. The van der Waals surface area contributed by atoms with Gasteiger partial charge in [-0.3, -0.25) is 4.79 Å². The Kier molecular flexibility index (Phi) is 4.83. The van der Waals surface area contributed by atoms with E-state index in [1.807, 2.05) is 25.1 Å². The summed E-state index contributed by atoms with van der Waals surface area (Å²) >= 11 is 0. The van der Waals surface area contributed by atoms with Gasteiger partial charge in [0.25, 0.3) is 5.91 Å². The van der Waals surface area contributed by atoms with Crippen LogP contribution in [0.5, 0.6) is 5.75 Å². The number of benzene rings is 1. The monoisotopic (exact) mass is 291 g/mol. The Hall–Kier alpha value is -2.04. The summed E-state index contributed by atoms with van der Waals surface area (Å²) in [7, 11) is 0. The van der Waals surface area contributed by atoms with Gasteiger partial charge in [0.1, 0.15) is 11.8 Å². The van der Waals surface area contributed by atoms with Gasteiger partial charge in [-0.25, -0.2) is 4.79 Å². The van der Waals surface area contributed by atoms with Crippen molar-refractivity contribution in [2.24, 2.45) is 0 Å². The summed E-state index contributed by atoms with van der Waals surface area (Å²) in [5.41, 5.74) is -0.888. The van der Waals surface area contributed by atoms with Crippen molar-refractivity contribution < 1.29 is 19.4 Å². The Morgan fingerprint density at radius 2 is 2.00 bits per heavy atom. The van der Waals surface area contributed by atoms with Gasteiger partial charge in [0.15, 0.2) is 5.60 Å². The maximum Gasteiger partial charge on any atom is 0.326 e. The quantitative estimate of drug-likeness (QED) is 0.771. The van der Waals surface area contributed by atoms with E-state index < -0.39 is 17.6 Å². The van der Waals surface area contributed by atoms with Crippen LogP contribution in [0.3, 0.4) is 0 Å². The molecule has 1 aromatic carbocycles. The molecule has 5 nitrogen and oxygen atoms in total. The number of hydrogen-bond donors (Lipinski definition) is 2. The van der Waals surface area contributed by atoms with Gasteiger partial charge in [-0.05, 0) is 18.6 Å². The van der Waals surface area contributed by atoms with Crippen LogP contribution in [0.25, 0.3) is 0 Å². The summed E-state index contributed by atoms with van der Waals surface area (Å²) in [5, 5.41) is 11.8. The Labute approximate surface area is 124 Å². The van der Waals surface area contributed by atoms with Crippen LogP contribution < -0.4 is 10.1 Å². The number of carboxylic acids is 1. The molecule has 0 spiro atoms. The number of aliphatic carboxylic acids is 1. The normalized spacial score (nSPS) is 16.8. The summed E-state index contributed by atoms with van der Waals surface area (Å²) in [6, 6.07) is 8.29. The van der Waals surface area contributed by atoms with Gasteiger partial charge in [-0.15, -0.1) is 0 Å². The fourth-order valence-corrected chi connectivity index (χ4v) is 2.16. The number of carbonyl (C=O) groups excluding carboxylic acids is 1. The average Bonchev–Trinajstić information content (AvgIpc) is 3.25. The summed E-state index contributed by atoms with van der Waals surface area (Å²) in [5.74, 6) is -0.687. The molecule has 1 aromatic rings. The van der Waals surface area contributed by atoms with Crippen LogP contribution in [0.1, 0.15) is 39.0 Å². The molecule has 0 saturated heterocycles. The molecule has 0 aliphatic heterocycles. The lowest BCUT2D eigenvalue weighted by Crippen LogP contribution is -2.48. The maximum absolute atomic E-state index is 12.3. The van der Waals surface area contributed by atoms with Crippen LogP contribution in [0.2, 0.25) is 0 Å². The van der Waals surface area contributed by atoms with Crippen LogP contribution in [0.15, 0.2) is 30.3 Å². The first-order chi connectivity index (χ1) is 10.1. The number of carboxylic acid groups (broad SMARTS) is 1. The molecule has 1 aliphatic rings. The minimum Gasteiger partial charge on any atom is -0.480 e. The molecule has 0 aromatic heterocycles. The van der Waals surface area contributed by atoms with E-state index in [9.17, 15) is 9.59 Å².